The molecule has 2 aromatic carbocycles. The van der Waals surface area contributed by atoms with Gasteiger partial charge in [-0.15, -0.1) is 0 Å². The molecule has 3 aliphatic rings. The lowest BCUT2D eigenvalue weighted by atomic mass is 9.90. The molecule has 0 unspecified atom stereocenters. The number of nitrogens with zero attached hydrogens (tertiary/aromatic N) is 6. The van der Waals surface area contributed by atoms with Crippen molar-refractivity contribution in [3.05, 3.63) is 94.3 Å². The fraction of sp³-hybridized carbons (Fsp3) is 0.419. The minimum atomic E-state index is -0.602. The first-order chi connectivity index (χ1) is 26.7. The first-order valence-corrected chi connectivity index (χ1v) is 20.0. The summed E-state index contributed by atoms with van der Waals surface area (Å²) >= 11 is 7.00. The minimum absolute atomic E-state index is 0.0289. The standard InChI is InChI=1S/C36H39ClN8O.C7H12O2/c1-4-44-18-14-31-30(22-44)41-35(43(31)3)36(46)42-29-12-8-10-27(32(29)37)26-9-7-11-28(23(26)2)40-34-33-25(13-15-38-34)19-24(20-39-33)21-45-16-5-6-17-45;8-7(9)6-4-2-1-3-5-6/h7-13,15,19-20H,4-6,14,16-18,21-22H2,1-3H3,(H,38,40)(H,42,46);6H,1-5H2,(H,8,9). The number of anilines is 3. The molecule has 5 heterocycles. The van der Waals surface area contributed by atoms with Gasteiger partial charge >= 0.3 is 5.97 Å². The zero-order valence-corrected chi connectivity index (χ0v) is 32.8. The van der Waals surface area contributed by atoms with Gasteiger partial charge in [0.15, 0.2) is 11.6 Å². The van der Waals surface area contributed by atoms with Gasteiger partial charge in [0.2, 0.25) is 0 Å². The van der Waals surface area contributed by atoms with Crippen LogP contribution in [0.1, 0.15) is 85.0 Å². The van der Waals surface area contributed by atoms with E-state index in [1.807, 2.05) is 66.5 Å². The molecule has 1 saturated carbocycles. The zero-order chi connectivity index (χ0) is 38.5. The second kappa shape index (κ2) is 17.3. The number of imidazole rings is 1. The molecule has 0 spiro atoms. The monoisotopic (exact) mass is 762 g/mol. The molecule has 3 N–H and O–H groups in total. The number of benzene rings is 2. The molecule has 3 aromatic heterocycles. The highest BCUT2D eigenvalue weighted by molar-refractivity contribution is 6.36. The molecular weight excluding hydrogens is 712 g/mol. The Kier molecular flexibility index (Phi) is 12.1. The number of carbonyl (C=O) groups excluding carboxylic acids is 1. The predicted octanol–water partition coefficient (Wildman–Crippen LogP) is 8.61. The summed E-state index contributed by atoms with van der Waals surface area (Å²) in [5, 5.41) is 16.6. The van der Waals surface area contributed by atoms with Crippen molar-refractivity contribution in [1.29, 1.82) is 0 Å². The first-order valence-electron chi connectivity index (χ1n) is 19.6. The number of aromatic nitrogens is 4. The molecule has 0 radical (unpaired) electrons. The molecule has 5 aromatic rings. The summed E-state index contributed by atoms with van der Waals surface area (Å²) in [6.45, 7) is 10.1. The van der Waals surface area contributed by atoms with Crippen LogP contribution in [0.2, 0.25) is 5.02 Å². The number of rotatable bonds is 9. The Morgan fingerprint density at radius 3 is 2.40 bits per heavy atom. The molecule has 8 rings (SSSR count). The van der Waals surface area contributed by atoms with Gasteiger partial charge in [-0.2, -0.15) is 0 Å². The van der Waals surface area contributed by atoms with Crippen LogP contribution in [-0.4, -0.2) is 72.5 Å². The van der Waals surface area contributed by atoms with Gasteiger partial charge in [0.1, 0.15) is 5.52 Å². The summed E-state index contributed by atoms with van der Waals surface area (Å²) in [4.78, 5) is 42.8. The van der Waals surface area contributed by atoms with Crippen molar-refractivity contribution < 1.29 is 14.7 Å². The van der Waals surface area contributed by atoms with Crippen molar-refractivity contribution in [2.45, 2.75) is 78.3 Å². The van der Waals surface area contributed by atoms with Crippen molar-refractivity contribution in [3.8, 4) is 11.1 Å². The third-order valence-electron chi connectivity index (χ3n) is 11.3. The summed E-state index contributed by atoms with van der Waals surface area (Å²) < 4.78 is 1.92. The topological polar surface area (TPSA) is 129 Å². The van der Waals surface area contributed by atoms with E-state index in [1.165, 1.54) is 24.8 Å². The van der Waals surface area contributed by atoms with Gasteiger partial charge in [-0.3, -0.25) is 24.4 Å². The lowest BCUT2D eigenvalue weighted by Gasteiger charge is -2.24. The highest BCUT2D eigenvalue weighted by Crippen LogP contribution is 2.38. The van der Waals surface area contributed by atoms with E-state index in [4.69, 9.17) is 26.7 Å². The van der Waals surface area contributed by atoms with E-state index < -0.39 is 5.97 Å². The predicted molar refractivity (Wildman–Crippen MR) is 219 cm³/mol. The van der Waals surface area contributed by atoms with E-state index in [9.17, 15) is 9.59 Å². The van der Waals surface area contributed by atoms with E-state index in [1.54, 1.807) is 0 Å². The Balaban J connectivity index is 0.000000455. The summed E-state index contributed by atoms with van der Waals surface area (Å²) in [6, 6.07) is 16.0. The molecule has 12 heteroatoms. The average molecular weight is 763 g/mol. The number of aliphatic carboxylic acids is 1. The maximum atomic E-state index is 13.5. The number of carboxylic acid groups (broad SMARTS) is 1. The van der Waals surface area contributed by atoms with E-state index in [0.717, 1.165) is 116 Å². The van der Waals surface area contributed by atoms with Crippen LogP contribution in [0.25, 0.3) is 22.0 Å². The molecular formula is C43H51ClN8O3. The fourth-order valence-electron chi connectivity index (χ4n) is 8.09. The van der Waals surface area contributed by atoms with E-state index in [0.29, 0.717) is 22.4 Å². The summed E-state index contributed by atoms with van der Waals surface area (Å²) in [6.07, 6.45) is 12.5. The molecule has 1 saturated heterocycles. The molecule has 0 bridgehead atoms. The fourth-order valence-corrected chi connectivity index (χ4v) is 8.37. The number of carbonyl (C=O) groups is 2. The summed E-state index contributed by atoms with van der Waals surface area (Å²) in [5.74, 6) is 0.196. The number of likely N-dealkylation sites (N-methyl/N-ethyl adjacent to an activating group) is 1. The van der Waals surface area contributed by atoms with Crippen LogP contribution in [0.5, 0.6) is 0 Å². The van der Waals surface area contributed by atoms with Crippen molar-refractivity contribution in [1.82, 2.24) is 29.3 Å². The van der Waals surface area contributed by atoms with Crippen LogP contribution in [0, 0.1) is 12.8 Å². The molecule has 288 valence electrons. The second-order valence-corrected chi connectivity index (χ2v) is 15.3. The average Bonchev–Trinajstić information content (AvgIpc) is 3.84. The Hall–Kier alpha value is -4.84. The van der Waals surface area contributed by atoms with Crippen LogP contribution < -0.4 is 10.6 Å². The maximum Gasteiger partial charge on any atom is 0.306 e. The van der Waals surface area contributed by atoms with E-state index >= 15 is 0 Å². The third-order valence-corrected chi connectivity index (χ3v) is 11.7. The number of hydrogen-bond acceptors (Lipinski definition) is 8. The molecule has 1 aliphatic carbocycles. The summed E-state index contributed by atoms with van der Waals surface area (Å²) in [5.41, 5.74) is 8.39. The molecule has 1 amide bonds. The quantitative estimate of drug-likeness (QED) is 0.135. The second-order valence-electron chi connectivity index (χ2n) is 15.0. The van der Waals surface area contributed by atoms with Crippen molar-refractivity contribution in [2.24, 2.45) is 13.0 Å². The van der Waals surface area contributed by atoms with E-state index in [2.05, 4.69) is 45.3 Å². The number of fused-ring (bicyclic) bond motifs is 2. The Labute approximate surface area is 328 Å². The summed E-state index contributed by atoms with van der Waals surface area (Å²) in [7, 11) is 1.91. The van der Waals surface area contributed by atoms with Gasteiger partial charge in [0.05, 0.1) is 22.3 Å². The van der Waals surface area contributed by atoms with Gasteiger partial charge in [-0.25, -0.2) is 9.97 Å². The number of carboxylic acids is 1. The number of halogens is 1. The number of nitrogens with one attached hydrogen (secondary N) is 2. The van der Waals surface area contributed by atoms with Gasteiger partial charge < -0.3 is 20.3 Å². The molecule has 11 nitrogen and oxygen atoms in total. The Morgan fingerprint density at radius 2 is 1.67 bits per heavy atom. The lowest BCUT2D eigenvalue weighted by molar-refractivity contribution is -0.142. The van der Waals surface area contributed by atoms with Crippen molar-refractivity contribution in [2.75, 3.05) is 36.8 Å². The largest absolute Gasteiger partial charge is 0.481 e. The van der Waals surface area contributed by atoms with Crippen LogP contribution in [0.4, 0.5) is 17.2 Å². The molecule has 0 atom stereocenters. The van der Waals surface area contributed by atoms with Crippen LogP contribution >= 0.6 is 11.6 Å². The molecule has 2 aliphatic heterocycles. The van der Waals surface area contributed by atoms with Gasteiger partial charge in [-0.05, 0) is 93.2 Å². The first kappa shape index (κ1) is 38.4. The normalized spacial score (nSPS) is 16.4. The van der Waals surface area contributed by atoms with Gasteiger partial charge in [0, 0.05) is 67.8 Å². The van der Waals surface area contributed by atoms with Gasteiger partial charge in [0.25, 0.3) is 5.91 Å². The van der Waals surface area contributed by atoms with Crippen LogP contribution in [-0.2, 0) is 31.4 Å². The van der Waals surface area contributed by atoms with Crippen molar-refractivity contribution >= 4 is 51.6 Å². The minimum Gasteiger partial charge on any atom is -0.481 e. The third kappa shape index (κ3) is 8.69. The lowest BCUT2D eigenvalue weighted by Crippen LogP contribution is -2.30. The smallest absolute Gasteiger partial charge is 0.306 e. The maximum absolute atomic E-state index is 13.5. The van der Waals surface area contributed by atoms with Crippen LogP contribution in [0.15, 0.2) is 60.9 Å². The number of pyridine rings is 2. The SMILES string of the molecule is CCN1CCc2c(nc(C(=O)Nc3cccc(-c4cccc(Nc5nccc6cc(CN7CCCC7)cnc56)c4C)c3Cl)n2C)C1.O=C(O)C1CCCCC1. The molecule has 2 fully saturated rings. The Morgan fingerprint density at radius 1 is 0.927 bits per heavy atom. The van der Waals surface area contributed by atoms with Crippen LogP contribution in [0.3, 0.4) is 0 Å². The van der Waals surface area contributed by atoms with Gasteiger partial charge in [-0.1, -0.05) is 62.1 Å². The zero-order valence-electron chi connectivity index (χ0n) is 32.1. The highest BCUT2D eigenvalue weighted by Gasteiger charge is 2.26. The number of likely N-dealkylation sites (tertiary alicyclic amines) is 1. The van der Waals surface area contributed by atoms with Crippen molar-refractivity contribution in [3.63, 3.8) is 0 Å². The van der Waals surface area contributed by atoms with E-state index in [-0.39, 0.29) is 11.8 Å². The number of amides is 1. The molecule has 55 heavy (non-hydrogen) atoms. The highest BCUT2D eigenvalue weighted by atomic mass is 35.5. The number of hydrogen-bond donors (Lipinski definition) is 3. The Bertz CT molecular complexity index is 2170.